The molecular weight excluding hydrogens is 286 g/mol. The van der Waals surface area contributed by atoms with Crippen LogP contribution in [0.15, 0.2) is 41.4 Å². The lowest BCUT2D eigenvalue weighted by Gasteiger charge is -2.24. The zero-order chi connectivity index (χ0) is 13.4. The van der Waals surface area contributed by atoms with Crippen molar-refractivity contribution in [1.29, 1.82) is 0 Å². The summed E-state index contributed by atoms with van der Waals surface area (Å²) in [5, 5.41) is 0.774. The molecule has 0 saturated carbocycles. The average molecular weight is 295 g/mol. The Hall–Kier alpha value is -1.58. The van der Waals surface area contributed by atoms with Crippen molar-refractivity contribution in [3.05, 3.63) is 57.8 Å². The Morgan fingerprint density at radius 1 is 1.11 bits per heavy atom. The predicted octanol–water partition coefficient (Wildman–Crippen LogP) is 4.81. The third-order valence-corrected chi connectivity index (χ3v) is 3.48. The largest absolute Gasteiger partial charge is 0.328 e. The van der Waals surface area contributed by atoms with Gasteiger partial charge >= 0.3 is 0 Å². The minimum atomic E-state index is -0.428. The number of hydrogen-bond donors (Lipinski definition) is 0. The Morgan fingerprint density at radius 3 is 2.74 bits per heavy atom. The summed E-state index contributed by atoms with van der Waals surface area (Å²) in [6, 6.07) is 10.2. The number of anilines is 1. The van der Waals surface area contributed by atoms with E-state index in [2.05, 4.69) is 4.99 Å². The summed E-state index contributed by atoms with van der Waals surface area (Å²) in [4.78, 5) is 6.24. The van der Waals surface area contributed by atoms with Gasteiger partial charge in [0.1, 0.15) is 5.82 Å². The van der Waals surface area contributed by atoms with Crippen LogP contribution in [0.3, 0.4) is 0 Å². The lowest BCUT2D eigenvalue weighted by molar-refractivity contribution is 0.628. The molecule has 96 valence electrons. The van der Waals surface area contributed by atoms with E-state index in [9.17, 15) is 4.39 Å². The van der Waals surface area contributed by atoms with Crippen LogP contribution >= 0.6 is 23.2 Å². The van der Waals surface area contributed by atoms with Gasteiger partial charge in [-0.1, -0.05) is 23.2 Å². The lowest BCUT2D eigenvalue weighted by Crippen LogP contribution is -2.23. The van der Waals surface area contributed by atoms with Gasteiger partial charge in [-0.25, -0.2) is 9.38 Å². The first-order chi connectivity index (χ1) is 9.13. The molecule has 2 nitrogen and oxygen atoms in total. The van der Waals surface area contributed by atoms with E-state index < -0.39 is 5.82 Å². The van der Waals surface area contributed by atoms with Crippen molar-refractivity contribution in [3.8, 4) is 0 Å². The molecule has 1 aliphatic heterocycles. The number of aliphatic imine (C=N–C) groups is 1. The fraction of sp³-hybridized carbons (Fsp3) is 0.0714. The maximum atomic E-state index is 13.2. The third kappa shape index (κ3) is 2.44. The Labute approximate surface area is 120 Å². The Bertz CT molecular complexity index is 670. The van der Waals surface area contributed by atoms with Crippen LogP contribution in [0.1, 0.15) is 5.56 Å². The molecule has 1 aliphatic rings. The topological polar surface area (TPSA) is 15.6 Å². The van der Waals surface area contributed by atoms with Gasteiger partial charge in [0.2, 0.25) is 0 Å². The Morgan fingerprint density at radius 2 is 1.95 bits per heavy atom. The van der Waals surface area contributed by atoms with Crippen molar-refractivity contribution in [2.45, 2.75) is 6.54 Å². The van der Waals surface area contributed by atoms with Gasteiger partial charge in [0.15, 0.2) is 0 Å². The summed E-state index contributed by atoms with van der Waals surface area (Å²) >= 11 is 11.8. The average Bonchev–Trinajstić information content (AvgIpc) is 2.41. The quantitative estimate of drug-likeness (QED) is 0.737. The zero-order valence-electron chi connectivity index (χ0n) is 9.78. The molecule has 0 aromatic heterocycles. The van der Waals surface area contributed by atoms with Crippen molar-refractivity contribution in [1.82, 2.24) is 0 Å². The van der Waals surface area contributed by atoms with Crippen molar-refractivity contribution in [2.24, 2.45) is 4.99 Å². The summed E-state index contributed by atoms with van der Waals surface area (Å²) in [5.74, 6) is -0.428. The highest BCUT2D eigenvalue weighted by atomic mass is 35.5. The van der Waals surface area contributed by atoms with Gasteiger partial charge in [0, 0.05) is 10.7 Å². The first kappa shape index (κ1) is 12.5. The second-order valence-electron chi connectivity index (χ2n) is 4.24. The van der Waals surface area contributed by atoms with Gasteiger partial charge in [-0.3, -0.25) is 0 Å². The van der Waals surface area contributed by atoms with Gasteiger partial charge in [-0.15, -0.1) is 0 Å². The number of benzene rings is 2. The number of fused-ring (bicyclic) bond motifs is 1. The van der Waals surface area contributed by atoms with Crippen LogP contribution in [0.2, 0.25) is 10.0 Å². The Kier molecular flexibility index (Phi) is 3.17. The van der Waals surface area contributed by atoms with Gasteiger partial charge in [-0.2, -0.15) is 0 Å². The minimum absolute atomic E-state index is 0.0998. The lowest BCUT2D eigenvalue weighted by atomic mass is 10.1. The monoisotopic (exact) mass is 294 g/mol. The molecule has 0 unspecified atom stereocenters. The van der Waals surface area contributed by atoms with Gasteiger partial charge < -0.3 is 4.90 Å². The van der Waals surface area contributed by atoms with Crippen molar-refractivity contribution < 1.29 is 4.39 Å². The summed E-state index contributed by atoms with van der Waals surface area (Å²) in [6.07, 6.45) is 1.71. The summed E-state index contributed by atoms with van der Waals surface area (Å²) in [7, 11) is 0. The van der Waals surface area contributed by atoms with Crippen LogP contribution in [0.4, 0.5) is 15.8 Å². The van der Waals surface area contributed by atoms with Crippen molar-refractivity contribution in [3.63, 3.8) is 0 Å². The maximum Gasteiger partial charge on any atom is 0.141 e. The molecule has 1 heterocycles. The number of hydrogen-bond acceptors (Lipinski definition) is 2. The smallest absolute Gasteiger partial charge is 0.141 e. The van der Waals surface area contributed by atoms with Crippen LogP contribution in [0.25, 0.3) is 0 Å². The van der Waals surface area contributed by atoms with Crippen LogP contribution < -0.4 is 4.90 Å². The van der Waals surface area contributed by atoms with E-state index in [4.69, 9.17) is 23.2 Å². The SMILES string of the molecule is Fc1ccc(N2C=Nc3ccc(Cl)cc3C2)cc1Cl. The number of nitrogens with zero attached hydrogens (tertiary/aromatic N) is 2. The molecule has 19 heavy (non-hydrogen) atoms. The number of halogens is 3. The van der Waals surface area contributed by atoms with Crippen LogP contribution in [0, 0.1) is 5.82 Å². The highest BCUT2D eigenvalue weighted by molar-refractivity contribution is 6.31. The highest BCUT2D eigenvalue weighted by Gasteiger charge is 2.14. The van der Waals surface area contributed by atoms with Crippen LogP contribution in [-0.2, 0) is 6.54 Å². The zero-order valence-corrected chi connectivity index (χ0v) is 11.3. The van der Waals surface area contributed by atoms with Crippen LogP contribution in [0.5, 0.6) is 0 Å². The first-order valence-corrected chi connectivity index (χ1v) is 6.43. The summed E-state index contributed by atoms with van der Waals surface area (Å²) < 4.78 is 13.2. The van der Waals surface area contributed by atoms with Crippen LogP contribution in [-0.4, -0.2) is 6.34 Å². The molecule has 2 aromatic carbocycles. The van der Waals surface area contributed by atoms with E-state index in [0.29, 0.717) is 11.6 Å². The fourth-order valence-corrected chi connectivity index (χ4v) is 2.35. The molecule has 0 N–H and O–H groups in total. The molecule has 0 saturated heterocycles. The van der Waals surface area contributed by atoms with E-state index >= 15 is 0 Å². The van der Waals surface area contributed by atoms with E-state index in [1.165, 1.54) is 6.07 Å². The Balaban J connectivity index is 1.95. The molecule has 2 aromatic rings. The molecular formula is C14H9Cl2FN2. The molecule has 3 rings (SSSR count). The molecule has 5 heteroatoms. The molecule has 0 fully saturated rings. The van der Waals surface area contributed by atoms with E-state index in [0.717, 1.165) is 16.9 Å². The van der Waals surface area contributed by atoms with E-state index in [-0.39, 0.29) is 5.02 Å². The summed E-state index contributed by atoms with van der Waals surface area (Å²) in [5.41, 5.74) is 2.71. The normalized spacial score (nSPS) is 13.5. The molecule has 0 amide bonds. The van der Waals surface area contributed by atoms with Crippen molar-refractivity contribution in [2.75, 3.05) is 4.90 Å². The molecule has 0 bridgehead atoms. The fourth-order valence-electron chi connectivity index (χ4n) is 1.98. The van der Waals surface area contributed by atoms with Gasteiger partial charge in [-0.05, 0) is 42.0 Å². The molecule has 0 spiro atoms. The van der Waals surface area contributed by atoms with E-state index in [1.54, 1.807) is 18.5 Å². The summed E-state index contributed by atoms with van der Waals surface area (Å²) in [6.45, 7) is 0.626. The second-order valence-corrected chi connectivity index (χ2v) is 5.09. The molecule has 0 radical (unpaired) electrons. The molecule has 0 aliphatic carbocycles. The van der Waals surface area contributed by atoms with Gasteiger partial charge in [0.25, 0.3) is 0 Å². The maximum absolute atomic E-state index is 13.2. The highest BCUT2D eigenvalue weighted by Crippen LogP contribution is 2.30. The van der Waals surface area contributed by atoms with E-state index in [1.807, 2.05) is 23.1 Å². The third-order valence-electron chi connectivity index (χ3n) is 2.95. The second kappa shape index (κ2) is 4.83. The van der Waals surface area contributed by atoms with Gasteiger partial charge in [0.05, 0.1) is 23.6 Å². The predicted molar refractivity (Wildman–Crippen MR) is 77.2 cm³/mol. The van der Waals surface area contributed by atoms with Crippen molar-refractivity contribution >= 4 is 40.9 Å². The first-order valence-electron chi connectivity index (χ1n) is 5.68. The molecule has 0 atom stereocenters. The number of rotatable bonds is 1. The standard InChI is InChI=1S/C14H9Cl2FN2/c15-10-1-4-14-9(5-10)7-19(8-18-14)11-2-3-13(17)12(16)6-11/h1-6,8H,7H2. The minimum Gasteiger partial charge on any atom is -0.328 e.